The normalized spacial score (nSPS) is 27.3. The average Bonchev–Trinajstić information content (AvgIpc) is 1.91. The van der Waals surface area contributed by atoms with Gasteiger partial charge in [0, 0.05) is 5.75 Å². The van der Waals surface area contributed by atoms with Crippen molar-refractivity contribution in [2.75, 3.05) is 18.1 Å². The molecule has 1 aliphatic rings. The fraction of sp³-hybridized carbons (Fsp3) is 0.667. The summed E-state index contributed by atoms with van der Waals surface area (Å²) in [6.45, 7) is 4.24. The van der Waals surface area contributed by atoms with Crippen LogP contribution in [0.1, 0.15) is 0 Å². The molecule has 1 rings (SSSR count). The number of hydrogen-bond donors (Lipinski definition) is 0. The van der Waals surface area contributed by atoms with Gasteiger partial charge in [0.2, 0.25) is 6.29 Å². The highest BCUT2D eigenvalue weighted by Crippen LogP contribution is 2.12. The van der Waals surface area contributed by atoms with Crippen LogP contribution in [0.15, 0.2) is 12.8 Å². The van der Waals surface area contributed by atoms with Crippen LogP contribution in [-0.2, 0) is 9.47 Å². The highest BCUT2D eigenvalue weighted by Gasteiger charge is 2.12. The fourth-order valence-corrected chi connectivity index (χ4v) is 1.40. The molecule has 2 nitrogen and oxygen atoms in total. The topological polar surface area (TPSA) is 18.5 Å². The summed E-state index contributed by atoms with van der Waals surface area (Å²) in [6.07, 6.45) is 1.37. The predicted molar refractivity (Wildman–Crippen MR) is 38.3 cm³/mol. The molecule has 0 aromatic heterocycles. The molecule has 1 saturated heterocycles. The smallest absolute Gasteiger partial charge is 0.208 e. The molecule has 1 heterocycles. The Morgan fingerprint density at radius 2 is 2.67 bits per heavy atom. The molecular weight excluding hydrogens is 136 g/mol. The first kappa shape index (κ1) is 6.96. The third-order valence-electron chi connectivity index (χ3n) is 1.03. The highest BCUT2D eigenvalue weighted by molar-refractivity contribution is 7.99. The first-order valence-corrected chi connectivity index (χ1v) is 4.04. The van der Waals surface area contributed by atoms with E-state index in [0.29, 0.717) is 0 Å². The zero-order chi connectivity index (χ0) is 6.53. The number of hydrogen-bond acceptors (Lipinski definition) is 3. The van der Waals surface area contributed by atoms with Crippen molar-refractivity contribution >= 4 is 11.8 Å². The van der Waals surface area contributed by atoms with Crippen molar-refractivity contribution in [3.8, 4) is 0 Å². The third-order valence-corrected chi connectivity index (χ3v) is 2.00. The van der Waals surface area contributed by atoms with Gasteiger partial charge in [0.05, 0.1) is 18.6 Å². The van der Waals surface area contributed by atoms with E-state index in [0.717, 1.165) is 18.1 Å². The lowest BCUT2D eigenvalue weighted by atomic mass is 10.7. The van der Waals surface area contributed by atoms with Crippen LogP contribution >= 0.6 is 11.8 Å². The van der Waals surface area contributed by atoms with Crippen LogP contribution in [-0.4, -0.2) is 24.4 Å². The van der Waals surface area contributed by atoms with Gasteiger partial charge < -0.3 is 9.47 Å². The summed E-state index contributed by atoms with van der Waals surface area (Å²) < 4.78 is 10.2. The molecule has 1 fully saturated rings. The molecule has 0 N–H and O–H groups in total. The molecule has 0 aromatic carbocycles. The van der Waals surface area contributed by atoms with Crippen molar-refractivity contribution < 1.29 is 9.47 Å². The van der Waals surface area contributed by atoms with E-state index < -0.39 is 0 Å². The lowest BCUT2D eigenvalue weighted by Crippen LogP contribution is -2.23. The Labute approximate surface area is 59.2 Å². The zero-order valence-electron chi connectivity index (χ0n) is 5.21. The summed E-state index contributed by atoms with van der Waals surface area (Å²) in [4.78, 5) is 0. The van der Waals surface area contributed by atoms with Gasteiger partial charge in [0.25, 0.3) is 0 Å². The SMILES string of the molecule is C=COC1CSCCO1. The van der Waals surface area contributed by atoms with E-state index in [2.05, 4.69) is 6.58 Å². The van der Waals surface area contributed by atoms with E-state index >= 15 is 0 Å². The van der Waals surface area contributed by atoms with Crippen molar-refractivity contribution in [1.29, 1.82) is 0 Å². The van der Waals surface area contributed by atoms with Crippen LogP contribution in [0.3, 0.4) is 0 Å². The van der Waals surface area contributed by atoms with Gasteiger partial charge in [-0.05, 0) is 0 Å². The maximum Gasteiger partial charge on any atom is 0.208 e. The quantitative estimate of drug-likeness (QED) is 0.546. The van der Waals surface area contributed by atoms with Gasteiger partial charge in [-0.3, -0.25) is 0 Å². The predicted octanol–water partition coefficient (Wildman–Crippen LogP) is 1.24. The standard InChI is InChI=1S/C6H10O2S/c1-2-7-6-5-9-4-3-8-6/h2,6H,1,3-5H2. The molecule has 0 radical (unpaired) electrons. The van der Waals surface area contributed by atoms with E-state index in [-0.39, 0.29) is 6.29 Å². The molecule has 9 heavy (non-hydrogen) atoms. The Morgan fingerprint density at radius 3 is 3.22 bits per heavy atom. The van der Waals surface area contributed by atoms with Crippen LogP contribution in [0.5, 0.6) is 0 Å². The molecule has 0 spiro atoms. The van der Waals surface area contributed by atoms with E-state index in [4.69, 9.17) is 9.47 Å². The number of rotatable bonds is 2. The Bertz CT molecular complexity index is 89.1. The van der Waals surface area contributed by atoms with E-state index in [1.165, 1.54) is 6.26 Å². The fourth-order valence-electron chi connectivity index (χ4n) is 0.652. The minimum Gasteiger partial charge on any atom is -0.472 e. The summed E-state index contributed by atoms with van der Waals surface area (Å²) in [5, 5.41) is 0. The molecule has 1 aliphatic heterocycles. The zero-order valence-corrected chi connectivity index (χ0v) is 6.02. The van der Waals surface area contributed by atoms with Crippen molar-refractivity contribution in [1.82, 2.24) is 0 Å². The van der Waals surface area contributed by atoms with Crippen LogP contribution in [0.2, 0.25) is 0 Å². The van der Waals surface area contributed by atoms with E-state index in [1.54, 1.807) is 0 Å². The Kier molecular flexibility index (Phi) is 2.94. The summed E-state index contributed by atoms with van der Waals surface area (Å²) in [6, 6.07) is 0. The van der Waals surface area contributed by atoms with E-state index in [9.17, 15) is 0 Å². The Morgan fingerprint density at radius 1 is 1.78 bits per heavy atom. The molecule has 0 aliphatic carbocycles. The summed E-state index contributed by atoms with van der Waals surface area (Å²) in [7, 11) is 0. The molecule has 1 atom stereocenters. The number of ether oxygens (including phenoxy) is 2. The minimum atomic E-state index is -0.0544. The second kappa shape index (κ2) is 3.80. The summed E-state index contributed by atoms with van der Waals surface area (Å²) >= 11 is 1.85. The average molecular weight is 146 g/mol. The van der Waals surface area contributed by atoms with Gasteiger partial charge in [-0.25, -0.2) is 0 Å². The van der Waals surface area contributed by atoms with Gasteiger partial charge >= 0.3 is 0 Å². The van der Waals surface area contributed by atoms with Crippen molar-refractivity contribution in [3.05, 3.63) is 12.8 Å². The monoisotopic (exact) mass is 146 g/mol. The first-order chi connectivity index (χ1) is 4.43. The van der Waals surface area contributed by atoms with Crippen LogP contribution < -0.4 is 0 Å². The van der Waals surface area contributed by atoms with Gasteiger partial charge in [0.1, 0.15) is 0 Å². The Balaban J connectivity index is 2.15. The second-order valence-corrected chi connectivity index (χ2v) is 2.83. The molecule has 0 bridgehead atoms. The number of thioether (sulfide) groups is 1. The van der Waals surface area contributed by atoms with Crippen LogP contribution in [0.4, 0.5) is 0 Å². The van der Waals surface area contributed by atoms with Crippen LogP contribution in [0, 0.1) is 0 Å². The molecule has 0 amide bonds. The summed E-state index contributed by atoms with van der Waals surface area (Å²) in [5.74, 6) is 2.00. The van der Waals surface area contributed by atoms with Gasteiger partial charge in [-0.1, -0.05) is 6.58 Å². The maximum atomic E-state index is 5.20. The maximum absolute atomic E-state index is 5.20. The Hall–Kier alpha value is -0.150. The molecular formula is C6H10O2S. The lowest BCUT2D eigenvalue weighted by molar-refractivity contribution is -0.0874. The van der Waals surface area contributed by atoms with Gasteiger partial charge in [-0.2, -0.15) is 11.8 Å². The van der Waals surface area contributed by atoms with Crippen molar-refractivity contribution in [2.24, 2.45) is 0 Å². The second-order valence-electron chi connectivity index (χ2n) is 1.68. The van der Waals surface area contributed by atoms with Crippen LogP contribution in [0.25, 0.3) is 0 Å². The van der Waals surface area contributed by atoms with Crippen molar-refractivity contribution in [2.45, 2.75) is 6.29 Å². The third kappa shape index (κ3) is 2.28. The molecule has 0 aromatic rings. The highest BCUT2D eigenvalue weighted by atomic mass is 32.2. The molecule has 1 unspecified atom stereocenters. The molecule has 0 saturated carbocycles. The molecule has 52 valence electrons. The largest absolute Gasteiger partial charge is 0.472 e. The van der Waals surface area contributed by atoms with E-state index in [1.807, 2.05) is 11.8 Å². The minimum absolute atomic E-state index is 0.0544. The molecule has 3 heteroatoms. The summed E-state index contributed by atoms with van der Waals surface area (Å²) in [5.41, 5.74) is 0. The lowest BCUT2D eigenvalue weighted by Gasteiger charge is -2.20. The first-order valence-electron chi connectivity index (χ1n) is 2.89. The van der Waals surface area contributed by atoms with Crippen molar-refractivity contribution in [3.63, 3.8) is 0 Å². The van der Waals surface area contributed by atoms with Gasteiger partial charge in [0.15, 0.2) is 0 Å². The van der Waals surface area contributed by atoms with Gasteiger partial charge in [-0.15, -0.1) is 0 Å².